The number of amides is 1. The van der Waals surface area contributed by atoms with Gasteiger partial charge in [0.15, 0.2) is 0 Å². The Morgan fingerprint density at radius 2 is 2.29 bits per heavy atom. The zero-order valence-corrected chi connectivity index (χ0v) is 11.2. The van der Waals surface area contributed by atoms with E-state index in [1.807, 2.05) is 6.92 Å². The molecule has 0 radical (unpaired) electrons. The van der Waals surface area contributed by atoms with Crippen LogP contribution >= 0.6 is 0 Å². The first-order valence-electron chi connectivity index (χ1n) is 6.33. The van der Waals surface area contributed by atoms with Gasteiger partial charge in [0.25, 0.3) is 0 Å². The summed E-state index contributed by atoms with van der Waals surface area (Å²) in [6.07, 6.45) is 0.757. The predicted octanol–water partition coefficient (Wildman–Crippen LogP) is -0.0493. The maximum absolute atomic E-state index is 11.2. The highest BCUT2D eigenvalue weighted by molar-refractivity contribution is 5.79. The Morgan fingerprint density at radius 1 is 1.59 bits per heavy atom. The maximum atomic E-state index is 11.2. The van der Waals surface area contributed by atoms with Gasteiger partial charge in [-0.1, -0.05) is 6.92 Å². The molecule has 5 nitrogen and oxygen atoms in total. The first-order chi connectivity index (χ1) is 7.97. The summed E-state index contributed by atoms with van der Waals surface area (Å²) in [7, 11) is 0. The lowest BCUT2D eigenvalue weighted by Gasteiger charge is -2.42. The second-order valence-electron chi connectivity index (χ2n) is 5.15. The number of ether oxygens (including phenoxy) is 1. The minimum absolute atomic E-state index is 0.0483. The van der Waals surface area contributed by atoms with E-state index in [9.17, 15) is 4.79 Å². The van der Waals surface area contributed by atoms with Gasteiger partial charge < -0.3 is 15.8 Å². The highest BCUT2D eigenvalue weighted by Gasteiger charge is 2.30. The number of carbonyl (C=O) groups excluding carboxylic acids is 1. The second-order valence-corrected chi connectivity index (χ2v) is 5.15. The summed E-state index contributed by atoms with van der Waals surface area (Å²) in [6.45, 7) is 10.4. The number of morpholine rings is 1. The Kier molecular flexibility index (Phi) is 5.36. The lowest BCUT2D eigenvalue weighted by Crippen LogP contribution is -2.54. The molecule has 1 fully saturated rings. The van der Waals surface area contributed by atoms with Crippen molar-refractivity contribution in [1.29, 1.82) is 0 Å². The molecule has 0 aromatic heterocycles. The molecule has 0 spiro atoms. The molecule has 1 amide bonds. The van der Waals surface area contributed by atoms with Crippen LogP contribution in [0, 0.1) is 0 Å². The zero-order chi connectivity index (χ0) is 12.9. The number of primary amides is 1. The highest BCUT2D eigenvalue weighted by Crippen LogP contribution is 2.19. The maximum Gasteiger partial charge on any atom is 0.234 e. The molecule has 1 aliphatic rings. The van der Waals surface area contributed by atoms with Crippen molar-refractivity contribution >= 4 is 5.91 Å². The molecule has 100 valence electrons. The third-order valence-electron chi connectivity index (χ3n) is 3.30. The smallest absolute Gasteiger partial charge is 0.234 e. The van der Waals surface area contributed by atoms with Crippen LogP contribution in [0.3, 0.4) is 0 Å². The van der Waals surface area contributed by atoms with Gasteiger partial charge in [-0.05, 0) is 26.8 Å². The summed E-state index contributed by atoms with van der Waals surface area (Å²) in [5.41, 5.74) is 5.41. The molecule has 3 N–H and O–H groups in total. The van der Waals surface area contributed by atoms with Crippen LogP contribution in [0.4, 0.5) is 0 Å². The third kappa shape index (κ3) is 4.26. The van der Waals surface area contributed by atoms with Gasteiger partial charge in [-0.3, -0.25) is 9.69 Å². The van der Waals surface area contributed by atoms with Crippen molar-refractivity contribution in [3.05, 3.63) is 0 Å². The van der Waals surface area contributed by atoms with Gasteiger partial charge in [-0.2, -0.15) is 0 Å². The van der Waals surface area contributed by atoms with Crippen molar-refractivity contribution in [1.82, 2.24) is 10.2 Å². The van der Waals surface area contributed by atoms with Crippen LogP contribution in [-0.4, -0.2) is 55.2 Å². The molecule has 1 rings (SSSR count). The molecule has 1 heterocycles. The molecule has 1 aliphatic heterocycles. The topological polar surface area (TPSA) is 67.6 Å². The van der Waals surface area contributed by atoms with Crippen molar-refractivity contribution in [3.8, 4) is 0 Å². The monoisotopic (exact) mass is 243 g/mol. The molecule has 0 aromatic carbocycles. The zero-order valence-electron chi connectivity index (χ0n) is 11.2. The largest absolute Gasteiger partial charge is 0.378 e. The van der Waals surface area contributed by atoms with E-state index in [0.717, 1.165) is 39.3 Å². The van der Waals surface area contributed by atoms with E-state index >= 15 is 0 Å². The normalized spacial score (nSPS) is 22.3. The number of hydrogen-bond donors (Lipinski definition) is 2. The number of nitrogens with one attached hydrogen (secondary N) is 1. The predicted molar refractivity (Wildman–Crippen MR) is 67.7 cm³/mol. The summed E-state index contributed by atoms with van der Waals surface area (Å²) < 4.78 is 5.47. The molecular weight excluding hydrogens is 218 g/mol. The molecule has 17 heavy (non-hydrogen) atoms. The van der Waals surface area contributed by atoms with Gasteiger partial charge in [-0.15, -0.1) is 0 Å². The number of nitrogens with two attached hydrogens (primary N) is 1. The summed E-state index contributed by atoms with van der Waals surface area (Å²) in [4.78, 5) is 13.6. The highest BCUT2D eigenvalue weighted by atomic mass is 16.5. The van der Waals surface area contributed by atoms with E-state index in [4.69, 9.17) is 10.5 Å². The molecule has 1 saturated heterocycles. The van der Waals surface area contributed by atoms with Gasteiger partial charge in [0, 0.05) is 18.6 Å². The van der Waals surface area contributed by atoms with E-state index in [2.05, 4.69) is 24.1 Å². The van der Waals surface area contributed by atoms with E-state index in [1.165, 1.54) is 0 Å². The van der Waals surface area contributed by atoms with Crippen LogP contribution < -0.4 is 11.1 Å². The molecule has 1 atom stereocenters. The van der Waals surface area contributed by atoms with E-state index in [-0.39, 0.29) is 17.5 Å². The molecular formula is C12H25N3O2. The van der Waals surface area contributed by atoms with E-state index < -0.39 is 0 Å². The van der Waals surface area contributed by atoms with E-state index in [0.29, 0.717) is 0 Å². The van der Waals surface area contributed by atoms with Crippen molar-refractivity contribution in [3.63, 3.8) is 0 Å². The molecule has 0 saturated carbocycles. The van der Waals surface area contributed by atoms with Crippen molar-refractivity contribution < 1.29 is 9.53 Å². The van der Waals surface area contributed by atoms with Crippen molar-refractivity contribution in [2.24, 2.45) is 5.73 Å². The Bertz CT molecular complexity index is 256. The summed E-state index contributed by atoms with van der Waals surface area (Å²) >= 11 is 0. The average molecular weight is 243 g/mol. The number of likely N-dealkylation sites (N-methyl/N-ethyl adjacent to an activating group) is 1. The molecule has 0 aliphatic carbocycles. The van der Waals surface area contributed by atoms with Gasteiger partial charge in [0.1, 0.15) is 0 Å². The Hall–Kier alpha value is -0.650. The van der Waals surface area contributed by atoms with Crippen LogP contribution in [0.1, 0.15) is 27.2 Å². The number of nitrogens with zero attached hydrogens (tertiary/aromatic N) is 1. The minimum Gasteiger partial charge on any atom is -0.378 e. The van der Waals surface area contributed by atoms with Crippen LogP contribution in [0.2, 0.25) is 0 Å². The SMILES string of the molecule is CCNC(CCN1CCOCC1(C)C)C(N)=O. The van der Waals surface area contributed by atoms with Crippen molar-refractivity contribution in [2.75, 3.05) is 32.8 Å². The quantitative estimate of drug-likeness (QED) is 0.686. The Labute approximate surface area is 104 Å². The Balaban J connectivity index is 2.44. The molecule has 1 unspecified atom stereocenters. The lowest BCUT2D eigenvalue weighted by molar-refractivity contribution is -0.120. The lowest BCUT2D eigenvalue weighted by atomic mass is 10.0. The van der Waals surface area contributed by atoms with Gasteiger partial charge >= 0.3 is 0 Å². The second kappa shape index (κ2) is 6.33. The van der Waals surface area contributed by atoms with Crippen LogP contribution in [-0.2, 0) is 9.53 Å². The molecule has 0 bridgehead atoms. The van der Waals surface area contributed by atoms with E-state index in [1.54, 1.807) is 0 Å². The van der Waals surface area contributed by atoms with Crippen molar-refractivity contribution in [2.45, 2.75) is 38.8 Å². The fraction of sp³-hybridized carbons (Fsp3) is 0.917. The number of rotatable bonds is 6. The fourth-order valence-corrected chi connectivity index (χ4v) is 2.18. The first-order valence-corrected chi connectivity index (χ1v) is 6.33. The van der Waals surface area contributed by atoms with Crippen LogP contribution in [0.5, 0.6) is 0 Å². The minimum atomic E-state index is -0.266. The van der Waals surface area contributed by atoms with Crippen LogP contribution in [0.25, 0.3) is 0 Å². The Morgan fingerprint density at radius 3 is 2.82 bits per heavy atom. The van der Waals surface area contributed by atoms with Gasteiger partial charge in [0.05, 0.1) is 19.3 Å². The van der Waals surface area contributed by atoms with Crippen LogP contribution in [0.15, 0.2) is 0 Å². The standard InChI is InChI=1S/C12H25N3O2/c1-4-14-10(11(13)16)5-6-15-7-8-17-9-12(15,2)3/h10,14H,4-9H2,1-3H3,(H2,13,16). The van der Waals surface area contributed by atoms with Gasteiger partial charge in [-0.25, -0.2) is 0 Å². The summed E-state index contributed by atoms with van der Waals surface area (Å²) in [5, 5.41) is 3.12. The average Bonchev–Trinajstić information content (AvgIpc) is 2.25. The number of hydrogen-bond acceptors (Lipinski definition) is 4. The fourth-order valence-electron chi connectivity index (χ4n) is 2.18. The molecule has 5 heteroatoms. The number of carbonyl (C=O) groups is 1. The summed E-state index contributed by atoms with van der Waals surface area (Å²) in [5.74, 6) is -0.266. The first kappa shape index (κ1) is 14.4. The van der Waals surface area contributed by atoms with Gasteiger partial charge in [0.2, 0.25) is 5.91 Å². The third-order valence-corrected chi connectivity index (χ3v) is 3.30. The molecule has 0 aromatic rings. The summed E-state index contributed by atoms with van der Waals surface area (Å²) in [6, 6.07) is -0.223.